The molecule has 0 saturated heterocycles. The number of hydrogen-bond acceptors (Lipinski definition) is 2. The fraction of sp³-hybridized carbons (Fsp3) is 0.533. The molecule has 20 heavy (non-hydrogen) atoms. The number of halogens is 1. The number of urea groups is 1. The molecule has 1 atom stereocenters. The van der Waals surface area contributed by atoms with E-state index in [4.69, 9.17) is 0 Å². The minimum absolute atomic E-state index is 0.0865. The molecule has 1 fully saturated rings. The second-order valence-corrected chi connectivity index (χ2v) is 5.45. The highest BCUT2D eigenvalue weighted by Gasteiger charge is 2.31. The smallest absolute Gasteiger partial charge is 0.316 e. The zero-order valence-electron chi connectivity index (χ0n) is 12.0. The lowest BCUT2D eigenvalue weighted by molar-refractivity contribution is 0.217. The van der Waals surface area contributed by atoms with Crippen LogP contribution in [-0.2, 0) is 0 Å². The lowest BCUT2D eigenvalue weighted by Gasteiger charge is -2.19. The zero-order chi connectivity index (χ0) is 14.5. The van der Waals surface area contributed by atoms with Gasteiger partial charge in [0.15, 0.2) is 0 Å². The normalized spacial score (nSPS) is 15.8. The van der Waals surface area contributed by atoms with E-state index in [-0.39, 0.29) is 17.9 Å². The van der Waals surface area contributed by atoms with Crippen LogP contribution < -0.4 is 10.6 Å². The van der Waals surface area contributed by atoms with Gasteiger partial charge in [-0.3, -0.25) is 0 Å². The van der Waals surface area contributed by atoms with Crippen molar-refractivity contribution < 1.29 is 9.18 Å². The molecule has 1 aliphatic rings. The first-order valence-electron chi connectivity index (χ1n) is 7.02. The monoisotopic (exact) mass is 279 g/mol. The fourth-order valence-corrected chi connectivity index (χ4v) is 2.21. The van der Waals surface area contributed by atoms with Gasteiger partial charge >= 0.3 is 6.03 Å². The largest absolute Gasteiger partial charge is 0.337 e. The lowest BCUT2D eigenvalue weighted by Crippen LogP contribution is -2.39. The highest BCUT2D eigenvalue weighted by Crippen LogP contribution is 2.40. The molecule has 0 aliphatic heterocycles. The molecule has 1 aromatic carbocycles. The van der Waals surface area contributed by atoms with Gasteiger partial charge < -0.3 is 15.5 Å². The minimum Gasteiger partial charge on any atom is -0.337 e. The van der Waals surface area contributed by atoms with Crippen molar-refractivity contribution >= 4 is 6.03 Å². The maximum atomic E-state index is 13.0. The second kappa shape index (κ2) is 6.70. The molecular weight excluding hydrogens is 257 g/mol. The quantitative estimate of drug-likeness (QED) is 0.784. The van der Waals surface area contributed by atoms with Crippen LogP contribution in [0.5, 0.6) is 0 Å². The average Bonchev–Trinajstić information content (AvgIpc) is 3.24. The Labute approximate surface area is 119 Å². The summed E-state index contributed by atoms with van der Waals surface area (Å²) in [4.78, 5) is 12.9. The Hall–Kier alpha value is -1.62. The summed E-state index contributed by atoms with van der Waals surface area (Å²) in [7, 11) is 3.43. The first-order chi connectivity index (χ1) is 9.58. The second-order valence-electron chi connectivity index (χ2n) is 5.45. The van der Waals surface area contributed by atoms with E-state index >= 15 is 0 Å². The van der Waals surface area contributed by atoms with Gasteiger partial charge in [0.1, 0.15) is 5.82 Å². The maximum absolute atomic E-state index is 13.0. The lowest BCUT2D eigenvalue weighted by atomic mass is 10.0. The van der Waals surface area contributed by atoms with Gasteiger partial charge in [-0.15, -0.1) is 0 Å². The van der Waals surface area contributed by atoms with Crippen LogP contribution in [0, 0.1) is 11.7 Å². The highest BCUT2D eigenvalue weighted by molar-refractivity contribution is 5.73. The fourth-order valence-electron chi connectivity index (χ4n) is 2.21. The van der Waals surface area contributed by atoms with Gasteiger partial charge in [0, 0.05) is 33.2 Å². The van der Waals surface area contributed by atoms with Gasteiger partial charge in [0.25, 0.3) is 0 Å². The third-order valence-corrected chi connectivity index (χ3v) is 3.49. The van der Waals surface area contributed by atoms with E-state index in [2.05, 4.69) is 10.6 Å². The summed E-state index contributed by atoms with van der Waals surface area (Å²) in [5, 5.41) is 6.28. The summed E-state index contributed by atoms with van der Waals surface area (Å²) in [5.41, 5.74) is 1.12. The van der Waals surface area contributed by atoms with Crippen LogP contribution in [0.2, 0.25) is 0 Å². The molecule has 1 saturated carbocycles. The van der Waals surface area contributed by atoms with Crippen LogP contribution in [0.4, 0.5) is 9.18 Å². The number of carbonyl (C=O) groups is 1. The van der Waals surface area contributed by atoms with Crippen molar-refractivity contribution in [1.82, 2.24) is 15.5 Å². The van der Waals surface area contributed by atoms with Gasteiger partial charge in [0.05, 0.1) is 0 Å². The van der Waals surface area contributed by atoms with Crippen LogP contribution in [0.3, 0.4) is 0 Å². The van der Waals surface area contributed by atoms with Gasteiger partial charge in [0.2, 0.25) is 0 Å². The molecule has 0 heterocycles. The Bertz CT molecular complexity index is 443. The summed E-state index contributed by atoms with van der Waals surface area (Å²) >= 11 is 0. The Morgan fingerprint density at radius 1 is 1.30 bits per heavy atom. The van der Waals surface area contributed by atoms with Gasteiger partial charge in [-0.25, -0.2) is 9.18 Å². The summed E-state index contributed by atoms with van der Waals surface area (Å²) in [6, 6.07) is 6.84. The molecule has 2 rings (SSSR count). The van der Waals surface area contributed by atoms with Crippen molar-refractivity contribution in [3.8, 4) is 0 Å². The summed E-state index contributed by atoms with van der Waals surface area (Å²) in [6.45, 7) is 1.29. The van der Waals surface area contributed by atoms with Crippen LogP contribution in [-0.4, -0.2) is 38.1 Å². The predicted octanol–water partition coefficient (Wildman–Crippen LogP) is 2.14. The van der Waals surface area contributed by atoms with Crippen molar-refractivity contribution in [2.45, 2.75) is 18.9 Å². The molecule has 110 valence electrons. The summed E-state index contributed by atoms with van der Waals surface area (Å²) in [5.74, 6) is 0.423. The van der Waals surface area contributed by atoms with Crippen LogP contribution in [0.15, 0.2) is 24.3 Å². The van der Waals surface area contributed by atoms with E-state index in [1.165, 1.54) is 29.9 Å². The third-order valence-electron chi connectivity index (χ3n) is 3.49. The van der Waals surface area contributed by atoms with E-state index in [1.807, 2.05) is 12.1 Å². The molecule has 1 aromatic rings. The number of nitrogens with zero attached hydrogens (tertiary/aromatic N) is 1. The van der Waals surface area contributed by atoms with Crippen molar-refractivity contribution in [1.29, 1.82) is 0 Å². The number of carbonyl (C=O) groups excluding carboxylic acids is 1. The van der Waals surface area contributed by atoms with E-state index in [0.29, 0.717) is 19.0 Å². The molecule has 0 radical (unpaired) electrons. The van der Waals surface area contributed by atoms with Crippen molar-refractivity contribution in [3.05, 3.63) is 35.6 Å². The minimum atomic E-state index is -0.207. The maximum Gasteiger partial charge on any atom is 0.316 e. The Morgan fingerprint density at radius 3 is 2.50 bits per heavy atom. The topological polar surface area (TPSA) is 44.4 Å². The Kier molecular flexibility index (Phi) is 4.95. The molecule has 1 aliphatic carbocycles. The number of nitrogens with one attached hydrogen (secondary N) is 2. The van der Waals surface area contributed by atoms with E-state index < -0.39 is 0 Å². The number of rotatable bonds is 6. The predicted molar refractivity (Wildman–Crippen MR) is 77.0 cm³/mol. The summed E-state index contributed by atoms with van der Waals surface area (Å²) in [6.07, 6.45) is 2.41. The average molecular weight is 279 g/mol. The van der Waals surface area contributed by atoms with Crippen molar-refractivity contribution in [2.24, 2.45) is 5.92 Å². The molecular formula is C15H22FN3O. The van der Waals surface area contributed by atoms with Gasteiger partial charge in [-0.2, -0.15) is 0 Å². The molecule has 2 amide bonds. The molecule has 4 nitrogen and oxygen atoms in total. The van der Waals surface area contributed by atoms with Gasteiger partial charge in [-0.05, 0) is 36.5 Å². The van der Waals surface area contributed by atoms with E-state index in [9.17, 15) is 9.18 Å². The van der Waals surface area contributed by atoms with Crippen molar-refractivity contribution in [2.75, 3.05) is 27.2 Å². The Morgan fingerprint density at radius 2 is 1.95 bits per heavy atom. The number of hydrogen-bond donors (Lipinski definition) is 2. The van der Waals surface area contributed by atoms with Crippen LogP contribution >= 0.6 is 0 Å². The SMILES string of the molecule is CN(C)C(=O)NCCNC(c1ccc(F)cc1)C1CC1. The molecule has 1 unspecified atom stereocenters. The molecule has 0 aromatic heterocycles. The zero-order valence-corrected chi connectivity index (χ0v) is 12.0. The van der Waals surface area contributed by atoms with Crippen LogP contribution in [0.1, 0.15) is 24.4 Å². The van der Waals surface area contributed by atoms with Crippen LogP contribution in [0.25, 0.3) is 0 Å². The Balaban J connectivity index is 1.81. The van der Waals surface area contributed by atoms with E-state index in [0.717, 1.165) is 5.56 Å². The number of benzene rings is 1. The van der Waals surface area contributed by atoms with E-state index in [1.54, 1.807) is 14.1 Å². The molecule has 5 heteroatoms. The molecule has 2 N–H and O–H groups in total. The first-order valence-corrected chi connectivity index (χ1v) is 7.02. The van der Waals surface area contributed by atoms with Gasteiger partial charge in [-0.1, -0.05) is 12.1 Å². The standard InChI is InChI=1S/C15H22FN3O/c1-19(2)15(20)18-10-9-17-14(11-3-4-11)12-5-7-13(16)8-6-12/h5-8,11,14,17H,3-4,9-10H2,1-2H3,(H,18,20). The molecule has 0 bridgehead atoms. The summed E-state index contributed by atoms with van der Waals surface area (Å²) < 4.78 is 13.0. The van der Waals surface area contributed by atoms with Crippen molar-refractivity contribution in [3.63, 3.8) is 0 Å². The third kappa shape index (κ3) is 4.20. The number of amides is 2. The molecule has 0 spiro atoms. The first kappa shape index (κ1) is 14.8. The highest BCUT2D eigenvalue weighted by atomic mass is 19.1.